The fraction of sp³-hybridized carbons (Fsp3) is 0.562. The molecule has 8 heteroatoms. The van der Waals surface area contributed by atoms with Crippen LogP contribution in [0, 0.1) is 23.4 Å². The molecule has 1 aliphatic rings. The normalized spacial score (nSPS) is 17.5. The molecule has 0 spiro atoms. The summed E-state index contributed by atoms with van der Waals surface area (Å²) in [6.07, 6.45) is 1.43. The summed E-state index contributed by atoms with van der Waals surface area (Å²) in [5.74, 6) is -3.67. The Morgan fingerprint density at radius 3 is 2.46 bits per heavy atom. The summed E-state index contributed by atoms with van der Waals surface area (Å²) in [6, 6.07) is 0.638. The van der Waals surface area contributed by atoms with Crippen molar-refractivity contribution in [2.75, 3.05) is 31.5 Å². The number of nitrogens with one attached hydrogen (secondary N) is 2. The number of hydrogen-bond donors (Lipinski definition) is 3. The Bertz CT molecular complexity index is 555. The average Bonchev–Trinajstić information content (AvgIpc) is 2.53. The molecule has 0 radical (unpaired) electrons. The number of carbonyl (C=O) groups excluding carboxylic acids is 1. The number of anilines is 1. The number of nitrogens with zero attached hydrogens (tertiary/aromatic N) is 1. The van der Waals surface area contributed by atoms with Gasteiger partial charge in [-0.3, -0.25) is 0 Å². The molecule has 5 nitrogen and oxygen atoms in total. The third kappa shape index (κ3) is 5.38. The van der Waals surface area contributed by atoms with Gasteiger partial charge in [0, 0.05) is 30.9 Å². The summed E-state index contributed by atoms with van der Waals surface area (Å²) in [7, 11) is 0. The summed E-state index contributed by atoms with van der Waals surface area (Å²) in [5, 5.41) is 14.6. The van der Waals surface area contributed by atoms with Crippen LogP contribution in [0.1, 0.15) is 19.8 Å². The summed E-state index contributed by atoms with van der Waals surface area (Å²) < 4.78 is 39.0. The number of aliphatic hydroxyl groups excluding tert-OH is 1. The molecular weight excluding hydrogens is 323 g/mol. The summed E-state index contributed by atoms with van der Waals surface area (Å²) >= 11 is 0. The van der Waals surface area contributed by atoms with Gasteiger partial charge in [-0.25, -0.2) is 18.0 Å². The second-order valence-corrected chi connectivity index (χ2v) is 6.23. The molecule has 3 N–H and O–H groups in total. The first-order valence-electron chi connectivity index (χ1n) is 7.95. The lowest BCUT2D eigenvalue weighted by Crippen LogP contribution is -2.43. The standard InChI is InChI=1S/C16H22F3N3O2/c1-10-2-4-22(5-3-10)9-12(23)8-20-16(24)21-11-6-13(17)15(19)14(18)7-11/h6-7,10,12,23H,2-5,8-9H2,1H3,(H2,20,21,24). The van der Waals surface area contributed by atoms with E-state index in [9.17, 15) is 23.1 Å². The highest BCUT2D eigenvalue weighted by molar-refractivity contribution is 5.89. The number of amides is 2. The van der Waals surface area contributed by atoms with E-state index in [1.165, 1.54) is 0 Å². The zero-order valence-electron chi connectivity index (χ0n) is 13.5. The molecule has 1 aliphatic heterocycles. The van der Waals surface area contributed by atoms with Gasteiger partial charge in [-0.05, 0) is 31.8 Å². The zero-order chi connectivity index (χ0) is 17.7. The van der Waals surface area contributed by atoms with Crippen LogP contribution < -0.4 is 10.6 Å². The fourth-order valence-electron chi connectivity index (χ4n) is 2.62. The molecule has 0 saturated carbocycles. The van der Waals surface area contributed by atoms with Crippen LogP contribution in [0.2, 0.25) is 0 Å². The summed E-state index contributed by atoms with van der Waals surface area (Å²) in [5.41, 5.74) is -0.205. The molecule has 1 unspecified atom stereocenters. The minimum Gasteiger partial charge on any atom is -0.390 e. The third-order valence-electron chi connectivity index (χ3n) is 4.09. The molecule has 1 atom stereocenters. The van der Waals surface area contributed by atoms with Gasteiger partial charge in [-0.2, -0.15) is 0 Å². The number of β-amino-alcohol motifs (C(OH)–C–C–N with tert-alkyl or cyclic N) is 1. The minimum atomic E-state index is -1.59. The van der Waals surface area contributed by atoms with E-state index in [2.05, 4.69) is 22.5 Å². The van der Waals surface area contributed by atoms with Gasteiger partial charge in [-0.1, -0.05) is 6.92 Å². The smallest absolute Gasteiger partial charge is 0.319 e. The molecule has 134 valence electrons. The van der Waals surface area contributed by atoms with Crippen molar-refractivity contribution < 1.29 is 23.1 Å². The van der Waals surface area contributed by atoms with Crippen molar-refractivity contribution in [3.63, 3.8) is 0 Å². The van der Waals surface area contributed by atoms with Gasteiger partial charge in [0.1, 0.15) is 0 Å². The number of rotatable bonds is 5. The first kappa shape index (κ1) is 18.5. The highest BCUT2D eigenvalue weighted by Gasteiger charge is 2.19. The Balaban J connectivity index is 1.74. The van der Waals surface area contributed by atoms with Crippen molar-refractivity contribution in [2.45, 2.75) is 25.9 Å². The number of urea groups is 1. The molecule has 24 heavy (non-hydrogen) atoms. The lowest BCUT2D eigenvalue weighted by Gasteiger charge is -2.31. The molecule has 1 saturated heterocycles. The Morgan fingerprint density at radius 2 is 1.88 bits per heavy atom. The van der Waals surface area contributed by atoms with Gasteiger partial charge in [-0.15, -0.1) is 0 Å². The second-order valence-electron chi connectivity index (χ2n) is 6.23. The SMILES string of the molecule is CC1CCN(CC(O)CNC(=O)Nc2cc(F)c(F)c(F)c2)CC1. The van der Waals surface area contributed by atoms with E-state index >= 15 is 0 Å². The van der Waals surface area contributed by atoms with Gasteiger partial charge in [0.05, 0.1) is 6.10 Å². The first-order valence-corrected chi connectivity index (χ1v) is 7.95. The lowest BCUT2D eigenvalue weighted by molar-refractivity contribution is 0.0924. The van der Waals surface area contributed by atoms with Crippen LogP contribution in [-0.4, -0.2) is 48.3 Å². The van der Waals surface area contributed by atoms with Crippen LogP contribution in [0.25, 0.3) is 0 Å². The Hall–Kier alpha value is -1.80. The quantitative estimate of drug-likeness (QED) is 0.718. The molecule has 1 aromatic carbocycles. The van der Waals surface area contributed by atoms with E-state index in [1.807, 2.05) is 0 Å². The number of aliphatic hydroxyl groups is 1. The Morgan fingerprint density at radius 1 is 1.29 bits per heavy atom. The van der Waals surface area contributed by atoms with Gasteiger partial charge in [0.15, 0.2) is 17.5 Å². The van der Waals surface area contributed by atoms with Gasteiger partial charge in [0.25, 0.3) is 0 Å². The van der Waals surface area contributed by atoms with Gasteiger partial charge in [0.2, 0.25) is 0 Å². The van der Waals surface area contributed by atoms with Crippen molar-refractivity contribution in [2.24, 2.45) is 5.92 Å². The van der Waals surface area contributed by atoms with Crippen LogP contribution in [0.4, 0.5) is 23.7 Å². The van der Waals surface area contributed by atoms with Crippen molar-refractivity contribution in [3.8, 4) is 0 Å². The highest BCUT2D eigenvalue weighted by Crippen LogP contribution is 2.17. The minimum absolute atomic E-state index is 0.00401. The molecule has 2 amide bonds. The van der Waals surface area contributed by atoms with Crippen molar-refractivity contribution in [3.05, 3.63) is 29.6 Å². The van der Waals surface area contributed by atoms with Crippen LogP contribution in [0.3, 0.4) is 0 Å². The molecule has 1 fully saturated rings. The van der Waals surface area contributed by atoms with Crippen molar-refractivity contribution >= 4 is 11.7 Å². The number of carbonyl (C=O) groups is 1. The number of likely N-dealkylation sites (tertiary alicyclic amines) is 1. The monoisotopic (exact) mass is 345 g/mol. The predicted molar refractivity (Wildman–Crippen MR) is 84.2 cm³/mol. The number of benzene rings is 1. The number of hydrogen-bond acceptors (Lipinski definition) is 3. The Kier molecular flexibility index (Phi) is 6.44. The molecule has 2 rings (SSSR count). The van der Waals surface area contributed by atoms with Crippen molar-refractivity contribution in [1.29, 1.82) is 0 Å². The molecular formula is C16H22F3N3O2. The second kappa shape index (κ2) is 8.34. The molecule has 0 aromatic heterocycles. The fourth-order valence-corrected chi connectivity index (χ4v) is 2.62. The first-order chi connectivity index (χ1) is 11.3. The summed E-state index contributed by atoms with van der Waals surface area (Å²) in [6.45, 7) is 4.48. The van der Waals surface area contributed by atoms with Crippen molar-refractivity contribution in [1.82, 2.24) is 10.2 Å². The lowest BCUT2D eigenvalue weighted by atomic mass is 9.99. The average molecular weight is 345 g/mol. The molecule has 0 bridgehead atoms. The maximum absolute atomic E-state index is 13.1. The van der Waals surface area contributed by atoms with E-state index in [4.69, 9.17) is 0 Å². The molecule has 0 aliphatic carbocycles. The maximum Gasteiger partial charge on any atom is 0.319 e. The van der Waals surface area contributed by atoms with Crippen LogP contribution in [0.5, 0.6) is 0 Å². The van der Waals surface area contributed by atoms with E-state index in [-0.39, 0.29) is 12.2 Å². The number of halogens is 3. The van der Waals surface area contributed by atoms with E-state index in [1.54, 1.807) is 0 Å². The van der Waals surface area contributed by atoms with Gasteiger partial charge < -0.3 is 20.6 Å². The predicted octanol–water partition coefficient (Wildman–Crippen LogP) is 2.32. The Labute approximate surface area is 138 Å². The van der Waals surface area contributed by atoms with Crippen LogP contribution in [0.15, 0.2) is 12.1 Å². The third-order valence-corrected chi connectivity index (χ3v) is 4.09. The zero-order valence-corrected chi connectivity index (χ0v) is 13.5. The van der Waals surface area contributed by atoms with Gasteiger partial charge >= 0.3 is 6.03 Å². The van der Waals surface area contributed by atoms with Crippen LogP contribution >= 0.6 is 0 Å². The van der Waals surface area contributed by atoms with Crippen LogP contribution in [-0.2, 0) is 0 Å². The number of piperidine rings is 1. The highest BCUT2D eigenvalue weighted by atomic mass is 19.2. The van der Waals surface area contributed by atoms with E-state index < -0.39 is 29.6 Å². The summed E-state index contributed by atoms with van der Waals surface area (Å²) in [4.78, 5) is 13.8. The molecule has 1 heterocycles. The topological polar surface area (TPSA) is 64.6 Å². The van der Waals surface area contributed by atoms with E-state index in [0.29, 0.717) is 24.6 Å². The molecule has 1 aromatic rings. The maximum atomic E-state index is 13.1. The largest absolute Gasteiger partial charge is 0.390 e. The van der Waals surface area contributed by atoms with E-state index in [0.717, 1.165) is 25.9 Å².